The van der Waals surface area contributed by atoms with Crippen LogP contribution in [0, 0.1) is 11.3 Å². The molecule has 126 valence electrons. The average molecular weight is 343 g/mol. The Kier molecular flexibility index (Phi) is 3.97. The molecule has 1 aromatic heterocycles. The molecule has 0 aliphatic rings. The molecule has 0 spiro atoms. The van der Waals surface area contributed by atoms with E-state index >= 15 is 0 Å². The Hall–Kier alpha value is -3.27. The van der Waals surface area contributed by atoms with E-state index in [2.05, 4.69) is 22.4 Å². The summed E-state index contributed by atoms with van der Waals surface area (Å²) in [5.74, 6) is -0.309. The van der Waals surface area contributed by atoms with Crippen molar-refractivity contribution in [3.8, 4) is 22.9 Å². The number of aryl methyl sites for hydroxylation is 1. The number of aromatic nitrogens is 2. The van der Waals surface area contributed by atoms with Crippen molar-refractivity contribution in [1.29, 1.82) is 5.26 Å². The first-order valence-electron chi connectivity index (χ1n) is 7.21. The predicted molar refractivity (Wildman–Crippen MR) is 87.6 cm³/mol. The Morgan fingerprint density at radius 2 is 1.96 bits per heavy atom. The van der Waals surface area contributed by atoms with Crippen LogP contribution in [0.1, 0.15) is 11.1 Å². The molecule has 3 aromatic rings. The van der Waals surface area contributed by atoms with Gasteiger partial charge in [0.25, 0.3) is 0 Å². The zero-order valence-corrected chi connectivity index (χ0v) is 13.1. The Balaban J connectivity index is 2.16. The Bertz CT molecular complexity index is 996. The molecule has 0 aliphatic heterocycles. The van der Waals surface area contributed by atoms with Crippen molar-refractivity contribution in [2.75, 3.05) is 0 Å². The zero-order chi connectivity index (χ0) is 18.2. The zero-order valence-electron chi connectivity index (χ0n) is 13.1. The number of hydrogen-bond acceptors (Lipinski definition) is 3. The van der Waals surface area contributed by atoms with Gasteiger partial charge in [-0.3, -0.25) is 0 Å². The summed E-state index contributed by atoms with van der Waals surface area (Å²) in [6, 6.07) is 9.23. The molecule has 0 fully saturated rings. The fourth-order valence-electron chi connectivity index (χ4n) is 2.72. The van der Waals surface area contributed by atoms with Crippen LogP contribution in [0.4, 0.5) is 13.2 Å². The fraction of sp³-hybridized carbons (Fsp3) is 0.111. The van der Waals surface area contributed by atoms with Gasteiger partial charge in [0.1, 0.15) is 5.75 Å². The molecule has 0 bridgehead atoms. The molecule has 25 heavy (non-hydrogen) atoms. The van der Waals surface area contributed by atoms with Gasteiger partial charge in [-0.25, -0.2) is 4.98 Å². The van der Waals surface area contributed by atoms with Gasteiger partial charge < -0.3 is 9.30 Å². The van der Waals surface area contributed by atoms with E-state index in [1.165, 1.54) is 24.3 Å². The minimum Gasteiger partial charge on any atom is -0.406 e. The molecule has 0 amide bonds. The molecule has 0 N–H and O–H groups in total. The van der Waals surface area contributed by atoms with Crippen molar-refractivity contribution in [2.24, 2.45) is 7.05 Å². The van der Waals surface area contributed by atoms with E-state index in [0.717, 1.165) is 5.52 Å². The Morgan fingerprint density at radius 1 is 1.28 bits per heavy atom. The Labute approximate surface area is 141 Å². The molecule has 4 nitrogen and oxygen atoms in total. The topological polar surface area (TPSA) is 50.8 Å². The van der Waals surface area contributed by atoms with Crippen molar-refractivity contribution in [1.82, 2.24) is 9.55 Å². The number of alkyl halides is 3. The van der Waals surface area contributed by atoms with Crippen molar-refractivity contribution in [3.63, 3.8) is 0 Å². The summed E-state index contributed by atoms with van der Waals surface area (Å²) in [5.41, 5.74) is 3.73. The normalized spacial score (nSPS) is 11.3. The van der Waals surface area contributed by atoms with Crippen LogP contribution in [0.2, 0.25) is 0 Å². The van der Waals surface area contributed by atoms with Crippen LogP contribution in [0.3, 0.4) is 0 Å². The molecule has 7 heteroatoms. The lowest BCUT2D eigenvalue weighted by Crippen LogP contribution is -2.16. The highest BCUT2D eigenvalue weighted by atomic mass is 19.4. The van der Waals surface area contributed by atoms with Gasteiger partial charge in [-0.15, -0.1) is 13.2 Å². The lowest BCUT2D eigenvalue weighted by atomic mass is 9.97. The lowest BCUT2D eigenvalue weighted by Gasteiger charge is -2.11. The first kappa shape index (κ1) is 16.6. The van der Waals surface area contributed by atoms with Crippen LogP contribution in [0.15, 0.2) is 43.2 Å². The van der Waals surface area contributed by atoms with E-state index in [1.54, 1.807) is 30.1 Å². The maximum Gasteiger partial charge on any atom is 0.573 e. The largest absolute Gasteiger partial charge is 0.573 e. The molecule has 0 radical (unpaired) electrons. The van der Waals surface area contributed by atoms with E-state index in [0.29, 0.717) is 27.8 Å². The third-order valence-electron chi connectivity index (χ3n) is 3.75. The molecule has 0 saturated heterocycles. The van der Waals surface area contributed by atoms with E-state index in [-0.39, 0.29) is 5.75 Å². The summed E-state index contributed by atoms with van der Waals surface area (Å²) in [6.07, 6.45) is -1.54. The molecule has 3 rings (SSSR count). The smallest absolute Gasteiger partial charge is 0.406 e. The standard InChI is InChI=1S/C18H12F3N3O/c1-3-14-12(9-22)8-15(16-17(14)24(2)10-23-16)11-4-6-13(7-5-11)25-18(19,20)21/h3-8,10H,1H2,2H3. The molecule has 0 aliphatic carbocycles. The van der Waals surface area contributed by atoms with Gasteiger partial charge in [0.05, 0.1) is 29.0 Å². The summed E-state index contributed by atoms with van der Waals surface area (Å²) >= 11 is 0. The monoisotopic (exact) mass is 343 g/mol. The van der Waals surface area contributed by atoms with E-state index in [4.69, 9.17) is 0 Å². The maximum absolute atomic E-state index is 12.3. The summed E-state index contributed by atoms with van der Waals surface area (Å²) in [6.45, 7) is 3.74. The second kappa shape index (κ2) is 5.98. The minimum atomic E-state index is -4.74. The third-order valence-corrected chi connectivity index (χ3v) is 3.75. The number of halogens is 3. The minimum absolute atomic E-state index is 0.309. The summed E-state index contributed by atoms with van der Waals surface area (Å²) in [4.78, 5) is 4.35. The quantitative estimate of drug-likeness (QED) is 0.695. The molecule has 2 aromatic carbocycles. The third kappa shape index (κ3) is 3.06. The van der Waals surface area contributed by atoms with Crippen molar-refractivity contribution < 1.29 is 17.9 Å². The first-order chi connectivity index (χ1) is 11.8. The van der Waals surface area contributed by atoms with Gasteiger partial charge in [0.2, 0.25) is 0 Å². The van der Waals surface area contributed by atoms with Crippen LogP contribution in [-0.4, -0.2) is 15.9 Å². The molecule has 0 unspecified atom stereocenters. The second-order valence-corrected chi connectivity index (χ2v) is 5.33. The van der Waals surface area contributed by atoms with Gasteiger partial charge in [-0.2, -0.15) is 5.26 Å². The van der Waals surface area contributed by atoms with Crippen LogP contribution in [0.25, 0.3) is 28.2 Å². The first-order valence-corrected chi connectivity index (χ1v) is 7.21. The van der Waals surface area contributed by atoms with Crippen molar-refractivity contribution >= 4 is 17.1 Å². The number of nitrogens with zero attached hydrogens (tertiary/aromatic N) is 3. The van der Waals surface area contributed by atoms with Crippen LogP contribution < -0.4 is 4.74 Å². The molecule has 0 atom stereocenters. The molecular formula is C18H12F3N3O. The highest BCUT2D eigenvalue weighted by Gasteiger charge is 2.31. The number of hydrogen-bond donors (Lipinski definition) is 0. The highest BCUT2D eigenvalue weighted by molar-refractivity contribution is 5.98. The van der Waals surface area contributed by atoms with E-state index in [9.17, 15) is 18.4 Å². The SMILES string of the molecule is C=Cc1c(C#N)cc(-c2ccc(OC(F)(F)F)cc2)c2ncn(C)c12. The molecule has 1 heterocycles. The van der Waals surface area contributed by atoms with Crippen LogP contribution in [0.5, 0.6) is 5.75 Å². The summed E-state index contributed by atoms with van der Waals surface area (Å²) in [5, 5.41) is 9.41. The van der Waals surface area contributed by atoms with Crippen molar-refractivity contribution in [2.45, 2.75) is 6.36 Å². The Morgan fingerprint density at radius 3 is 2.52 bits per heavy atom. The fourth-order valence-corrected chi connectivity index (χ4v) is 2.72. The maximum atomic E-state index is 12.3. The van der Waals surface area contributed by atoms with Gasteiger partial charge in [0.15, 0.2) is 0 Å². The lowest BCUT2D eigenvalue weighted by molar-refractivity contribution is -0.274. The van der Waals surface area contributed by atoms with Crippen LogP contribution >= 0.6 is 0 Å². The number of fused-ring (bicyclic) bond motifs is 1. The number of imidazole rings is 1. The van der Waals surface area contributed by atoms with Gasteiger partial charge in [0, 0.05) is 18.2 Å². The predicted octanol–water partition coefficient (Wildman–Crippen LogP) is 4.65. The van der Waals surface area contributed by atoms with E-state index in [1.807, 2.05) is 0 Å². The average Bonchev–Trinajstić information content (AvgIpc) is 2.95. The van der Waals surface area contributed by atoms with E-state index < -0.39 is 6.36 Å². The summed E-state index contributed by atoms with van der Waals surface area (Å²) < 4.78 is 42.5. The molecular weight excluding hydrogens is 331 g/mol. The number of nitriles is 1. The van der Waals surface area contributed by atoms with Crippen LogP contribution in [-0.2, 0) is 7.05 Å². The second-order valence-electron chi connectivity index (χ2n) is 5.33. The van der Waals surface area contributed by atoms with Gasteiger partial charge in [-0.05, 0) is 23.8 Å². The number of benzene rings is 2. The molecule has 0 saturated carbocycles. The van der Waals surface area contributed by atoms with Gasteiger partial charge in [-0.1, -0.05) is 24.8 Å². The number of ether oxygens (including phenoxy) is 1. The highest BCUT2D eigenvalue weighted by Crippen LogP contribution is 2.34. The number of rotatable bonds is 3. The van der Waals surface area contributed by atoms with Gasteiger partial charge >= 0.3 is 6.36 Å². The summed E-state index contributed by atoms with van der Waals surface area (Å²) in [7, 11) is 1.80. The van der Waals surface area contributed by atoms with Crippen molar-refractivity contribution in [3.05, 3.63) is 54.4 Å².